The zero-order valence-corrected chi connectivity index (χ0v) is 17.5. The molecule has 30 heavy (non-hydrogen) atoms. The van der Waals surface area contributed by atoms with Crippen LogP contribution in [0.2, 0.25) is 0 Å². The normalized spacial score (nSPS) is 10.6. The van der Waals surface area contributed by atoms with Crippen molar-refractivity contribution >= 4 is 33.3 Å². The van der Waals surface area contributed by atoms with E-state index < -0.39 is 0 Å². The molecule has 6 nitrogen and oxygen atoms in total. The van der Waals surface area contributed by atoms with Crippen LogP contribution in [0.4, 0.5) is 9.93 Å². The summed E-state index contributed by atoms with van der Waals surface area (Å²) in [6.07, 6.45) is 0. The molecule has 0 radical (unpaired) electrons. The molecule has 0 bridgehead atoms. The van der Waals surface area contributed by atoms with Crippen molar-refractivity contribution in [1.82, 2.24) is 10.3 Å². The predicted molar refractivity (Wildman–Crippen MR) is 120 cm³/mol. The van der Waals surface area contributed by atoms with Gasteiger partial charge in [0.2, 0.25) is 0 Å². The van der Waals surface area contributed by atoms with Crippen LogP contribution >= 0.6 is 11.3 Å². The van der Waals surface area contributed by atoms with Crippen LogP contribution in [0.25, 0.3) is 22.0 Å². The highest BCUT2D eigenvalue weighted by Gasteiger charge is 2.11. The van der Waals surface area contributed by atoms with Gasteiger partial charge in [-0.15, -0.1) is 11.3 Å². The van der Waals surface area contributed by atoms with Crippen LogP contribution in [0, 0.1) is 0 Å². The Labute approximate surface area is 178 Å². The number of carbonyl (C=O) groups excluding carboxylic acids is 1. The molecule has 0 spiro atoms. The summed E-state index contributed by atoms with van der Waals surface area (Å²) >= 11 is 1.37. The molecular weight excluding hydrogens is 398 g/mol. The average Bonchev–Trinajstić information content (AvgIpc) is 3.25. The van der Waals surface area contributed by atoms with E-state index in [9.17, 15) is 4.79 Å². The number of nitrogens with one attached hydrogen (secondary N) is 2. The van der Waals surface area contributed by atoms with E-state index in [-0.39, 0.29) is 6.03 Å². The zero-order valence-electron chi connectivity index (χ0n) is 16.6. The molecule has 0 fully saturated rings. The summed E-state index contributed by atoms with van der Waals surface area (Å²) in [7, 11) is 3.19. The number of nitrogens with zero attached hydrogens (tertiary/aromatic N) is 1. The lowest BCUT2D eigenvalue weighted by Crippen LogP contribution is -2.28. The second-order valence-corrected chi connectivity index (χ2v) is 7.41. The molecule has 0 saturated heterocycles. The van der Waals surface area contributed by atoms with E-state index in [2.05, 4.69) is 33.8 Å². The Hall–Kier alpha value is -3.58. The van der Waals surface area contributed by atoms with Crippen LogP contribution in [0.3, 0.4) is 0 Å². The van der Waals surface area contributed by atoms with Gasteiger partial charge in [-0.05, 0) is 34.5 Å². The number of carbonyl (C=O) groups is 1. The third-order valence-corrected chi connectivity index (χ3v) is 5.48. The number of rotatable bonds is 6. The summed E-state index contributed by atoms with van der Waals surface area (Å²) < 4.78 is 10.6. The van der Waals surface area contributed by atoms with Gasteiger partial charge in [0.05, 0.1) is 19.9 Å². The molecule has 0 aliphatic heterocycles. The highest BCUT2D eigenvalue weighted by molar-refractivity contribution is 7.14. The van der Waals surface area contributed by atoms with Crippen molar-refractivity contribution in [2.75, 3.05) is 19.5 Å². The topological polar surface area (TPSA) is 72.5 Å². The maximum absolute atomic E-state index is 12.4. The number of amides is 2. The summed E-state index contributed by atoms with van der Waals surface area (Å²) in [4.78, 5) is 16.9. The second-order valence-electron chi connectivity index (χ2n) is 6.55. The van der Waals surface area contributed by atoms with Crippen molar-refractivity contribution < 1.29 is 14.3 Å². The Morgan fingerprint density at radius 2 is 1.80 bits per heavy atom. The van der Waals surface area contributed by atoms with Gasteiger partial charge in [0, 0.05) is 17.5 Å². The first kappa shape index (κ1) is 19.7. The van der Waals surface area contributed by atoms with Crippen LogP contribution in [-0.4, -0.2) is 25.2 Å². The standard InChI is InChI=1S/C23H21N3O3S/c1-28-20-11-10-16(12-21(20)29-2)19-14-30-23(25-19)26-22(27)24-13-17-8-5-7-15-6-3-4-9-18(15)17/h3-12,14H,13H2,1-2H3,(H2,24,25,26,27). The van der Waals surface area contributed by atoms with Crippen molar-refractivity contribution in [2.45, 2.75) is 6.54 Å². The monoisotopic (exact) mass is 419 g/mol. The number of aromatic nitrogens is 1. The minimum Gasteiger partial charge on any atom is -0.493 e. The molecule has 0 saturated carbocycles. The van der Waals surface area contributed by atoms with Crippen molar-refractivity contribution in [2.24, 2.45) is 0 Å². The lowest BCUT2D eigenvalue weighted by molar-refractivity contribution is 0.252. The van der Waals surface area contributed by atoms with Crippen LogP contribution in [0.15, 0.2) is 66.0 Å². The lowest BCUT2D eigenvalue weighted by Gasteiger charge is -2.09. The van der Waals surface area contributed by atoms with E-state index in [4.69, 9.17) is 9.47 Å². The second kappa shape index (κ2) is 8.84. The molecule has 2 N–H and O–H groups in total. The summed E-state index contributed by atoms with van der Waals surface area (Å²) in [5, 5.41) is 10.4. The lowest BCUT2D eigenvalue weighted by atomic mass is 10.0. The molecule has 0 aliphatic rings. The van der Waals surface area contributed by atoms with Gasteiger partial charge in [0.15, 0.2) is 16.6 Å². The Kier molecular flexibility index (Phi) is 5.81. The molecule has 1 heterocycles. The predicted octanol–water partition coefficient (Wildman–Crippen LogP) is 5.30. The Balaban J connectivity index is 1.42. The maximum atomic E-state index is 12.4. The largest absolute Gasteiger partial charge is 0.493 e. The Bertz CT molecular complexity index is 1180. The van der Waals surface area contributed by atoms with Gasteiger partial charge in [-0.3, -0.25) is 5.32 Å². The number of hydrogen-bond donors (Lipinski definition) is 2. The summed E-state index contributed by atoms with van der Waals surface area (Å²) in [6, 6.07) is 19.5. The number of ether oxygens (including phenoxy) is 2. The number of urea groups is 1. The molecule has 3 aromatic carbocycles. The van der Waals surface area contributed by atoms with E-state index in [1.807, 2.05) is 47.8 Å². The smallest absolute Gasteiger partial charge is 0.321 e. The molecule has 4 rings (SSSR count). The Morgan fingerprint density at radius 3 is 2.63 bits per heavy atom. The maximum Gasteiger partial charge on any atom is 0.321 e. The van der Waals surface area contributed by atoms with Gasteiger partial charge < -0.3 is 14.8 Å². The summed E-state index contributed by atoms with van der Waals surface area (Å²) in [5.41, 5.74) is 2.70. The van der Waals surface area contributed by atoms with Crippen LogP contribution in [0.1, 0.15) is 5.56 Å². The van der Waals surface area contributed by atoms with Crippen molar-refractivity contribution in [3.05, 3.63) is 71.6 Å². The first-order chi connectivity index (χ1) is 14.7. The van der Waals surface area contributed by atoms with Crippen molar-refractivity contribution in [1.29, 1.82) is 0 Å². The molecule has 0 atom stereocenters. The molecule has 2 amide bonds. The van der Waals surface area contributed by atoms with E-state index in [0.717, 1.165) is 27.6 Å². The van der Waals surface area contributed by atoms with E-state index in [0.29, 0.717) is 23.2 Å². The number of hydrogen-bond acceptors (Lipinski definition) is 5. The number of anilines is 1. The van der Waals surface area contributed by atoms with E-state index in [1.165, 1.54) is 11.3 Å². The number of fused-ring (bicyclic) bond motifs is 1. The number of benzene rings is 3. The Morgan fingerprint density at radius 1 is 1.00 bits per heavy atom. The molecular formula is C23H21N3O3S. The molecule has 4 aromatic rings. The highest BCUT2D eigenvalue weighted by atomic mass is 32.1. The number of thiazole rings is 1. The molecule has 0 unspecified atom stereocenters. The van der Waals surface area contributed by atoms with Crippen LogP contribution < -0.4 is 20.1 Å². The van der Waals surface area contributed by atoms with Crippen LogP contribution in [-0.2, 0) is 6.54 Å². The molecule has 152 valence electrons. The number of methoxy groups -OCH3 is 2. The fourth-order valence-corrected chi connectivity index (χ4v) is 3.94. The zero-order chi connectivity index (χ0) is 20.9. The first-order valence-electron chi connectivity index (χ1n) is 9.37. The van der Waals surface area contributed by atoms with Crippen molar-refractivity contribution in [3.63, 3.8) is 0 Å². The summed E-state index contributed by atoms with van der Waals surface area (Å²) in [5.74, 6) is 1.29. The fraction of sp³-hybridized carbons (Fsp3) is 0.130. The van der Waals surface area contributed by atoms with Gasteiger partial charge >= 0.3 is 6.03 Å². The highest BCUT2D eigenvalue weighted by Crippen LogP contribution is 2.33. The molecule has 1 aromatic heterocycles. The van der Waals surface area contributed by atoms with Gasteiger partial charge in [0.25, 0.3) is 0 Å². The van der Waals surface area contributed by atoms with E-state index >= 15 is 0 Å². The van der Waals surface area contributed by atoms with Gasteiger partial charge in [0.1, 0.15) is 0 Å². The third-order valence-electron chi connectivity index (χ3n) is 4.72. The summed E-state index contributed by atoms with van der Waals surface area (Å²) in [6.45, 7) is 0.432. The van der Waals surface area contributed by atoms with Crippen molar-refractivity contribution in [3.8, 4) is 22.8 Å². The van der Waals surface area contributed by atoms with Gasteiger partial charge in [-0.2, -0.15) is 0 Å². The third kappa shape index (κ3) is 4.21. The molecule has 7 heteroatoms. The molecule has 0 aliphatic carbocycles. The minimum absolute atomic E-state index is 0.295. The quantitative estimate of drug-likeness (QED) is 0.445. The first-order valence-corrected chi connectivity index (χ1v) is 10.3. The van der Waals surface area contributed by atoms with Gasteiger partial charge in [-0.1, -0.05) is 42.5 Å². The average molecular weight is 420 g/mol. The SMILES string of the molecule is COc1ccc(-c2csc(NC(=O)NCc3cccc4ccccc34)n2)cc1OC. The van der Waals surface area contributed by atoms with Gasteiger partial charge in [-0.25, -0.2) is 9.78 Å². The van der Waals surface area contributed by atoms with E-state index in [1.54, 1.807) is 14.2 Å². The fourth-order valence-electron chi connectivity index (χ4n) is 3.22. The minimum atomic E-state index is -0.295. The van der Waals surface area contributed by atoms with Crippen LogP contribution in [0.5, 0.6) is 11.5 Å².